The highest BCUT2D eigenvalue weighted by atomic mass is 16.1. The second kappa shape index (κ2) is 3.65. The van der Waals surface area contributed by atoms with Gasteiger partial charge in [0.2, 0.25) is 0 Å². The smallest absolute Gasteiger partial charge is 0.258 e. The van der Waals surface area contributed by atoms with Gasteiger partial charge in [-0.3, -0.25) is 4.79 Å². The van der Waals surface area contributed by atoms with Crippen molar-refractivity contribution in [2.75, 3.05) is 6.54 Å². The molecule has 4 nitrogen and oxygen atoms in total. The molecule has 3 atom stereocenters. The summed E-state index contributed by atoms with van der Waals surface area (Å²) in [4.78, 5) is 18.6. The van der Waals surface area contributed by atoms with Crippen LogP contribution in [-0.4, -0.2) is 22.6 Å². The molecule has 2 aromatic rings. The van der Waals surface area contributed by atoms with Gasteiger partial charge in [-0.15, -0.1) is 0 Å². The SMILES string of the molecule is O=c1[nH]cnc2ccc(C3C[C@@H]4C[C@@H]3CN4)cc12. The van der Waals surface area contributed by atoms with E-state index in [1.54, 1.807) is 0 Å². The van der Waals surface area contributed by atoms with Crippen LogP contribution in [0, 0.1) is 5.92 Å². The van der Waals surface area contributed by atoms with Crippen molar-refractivity contribution < 1.29 is 0 Å². The van der Waals surface area contributed by atoms with Crippen LogP contribution in [0.2, 0.25) is 0 Å². The maximum atomic E-state index is 11.8. The summed E-state index contributed by atoms with van der Waals surface area (Å²) >= 11 is 0. The van der Waals surface area contributed by atoms with E-state index in [0.29, 0.717) is 17.3 Å². The number of hydrogen-bond acceptors (Lipinski definition) is 3. The Hall–Kier alpha value is -1.68. The zero-order chi connectivity index (χ0) is 12.1. The first kappa shape index (κ1) is 10.3. The zero-order valence-corrected chi connectivity index (χ0v) is 10.0. The lowest BCUT2D eigenvalue weighted by atomic mass is 9.87. The summed E-state index contributed by atoms with van der Waals surface area (Å²) in [7, 11) is 0. The van der Waals surface area contributed by atoms with Crippen LogP contribution >= 0.6 is 0 Å². The molecule has 0 amide bonds. The summed E-state index contributed by atoms with van der Waals surface area (Å²) < 4.78 is 0. The fraction of sp³-hybridized carbons (Fsp3) is 0.429. The molecule has 1 saturated heterocycles. The molecule has 1 unspecified atom stereocenters. The number of hydrogen-bond donors (Lipinski definition) is 2. The minimum Gasteiger partial charge on any atom is -0.314 e. The summed E-state index contributed by atoms with van der Waals surface area (Å²) in [6, 6.07) is 6.83. The second-order valence-electron chi connectivity index (χ2n) is 5.45. The Morgan fingerprint density at radius 2 is 2.22 bits per heavy atom. The molecule has 1 aliphatic carbocycles. The number of nitrogens with one attached hydrogen (secondary N) is 2. The lowest BCUT2D eigenvalue weighted by molar-refractivity contribution is 0.441. The lowest BCUT2D eigenvalue weighted by Gasteiger charge is -2.22. The molecule has 1 saturated carbocycles. The van der Waals surface area contributed by atoms with Crippen molar-refractivity contribution >= 4 is 10.9 Å². The van der Waals surface area contributed by atoms with Gasteiger partial charge in [0.25, 0.3) is 5.56 Å². The Morgan fingerprint density at radius 1 is 1.28 bits per heavy atom. The van der Waals surface area contributed by atoms with Crippen LogP contribution in [0.5, 0.6) is 0 Å². The Kier molecular flexibility index (Phi) is 2.08. The molecule has 2 aliphatic rings. The van der Waals surface area contributed by atoms with Crippen LogP contribution in [0.3, 0.4) is 0 Å². The van der Waals surface area contributed by atoms with Crippen LogP contribution in [0.1, 0.15) is 24.3 Å². The molecule has 2 fully saturated rings. The number of fused-ring (bicyclic) bond motifs is 3. The highest BCUT2D eigenvalue weighted by Gasteiger charge is 2.39. The normalized spacial score (nSPS) is 30.1. The predicted octanol–water partition coefficient (Wildman–Crippen LogP) is 1.39. The van der Waals surface area contributed by atoms with Crippen LogP contribution in [0.25, 0.3) is 10.9 Å². The van der Waals surface area contributed by atoms with E-state index in [1.807, 2.05) is 12.1 Å². The molecule has 0 radical (unpaired) electrons. The van der Waals surface area contributed by atoms with E-state index in [1.165, 1.54) is 24.7 Å². The number of H-pyrrole nitrogens is 1. The van der Waals surface area contributed by atoms with Gasteiger partial charge >= 0.3 is 0 Å². The van der Waals surface area contributed by atoms with E-state index < -0.39 is 0 Å². The Balaban J connectivity index is 1.82. The Labute approximate surface area is 104 Å². The second-order valence-corrected chi connectivity index (χ2v) is 5.45. The summed E-state index contributed by atoms with van der Waals surface area (Å²) in [6.07, 6.45) is 3.95. The van der Waals surface area contributed by atoms with Crippen molar-refractivity contribution in [1.29, 1.82) is 0 Å². The highest BCUT2D eigenvalue weighted by molar-refractivity contribution is 5.78. The quantitative estimate of drug-likeness (QED) is 0.793. The molecular formula is C14H15N3O. The number of rotatable bonds is 1. The first-order chi connectivity index (χ1) is 8.81. The standard InChI is InChI=1S/C14H15N3O/c18-14-12-4-8(1-2-13(12)16-7-17-14)11-5-10-3-9(11)6-15-10/h1-2,4,7,9-11,15H,3,5-6H2,(H,16,17,18)/t9-,10+,11?/m1/s1. The monoisotopic (exact) mass is 241 g/mol. The lowest BCUT2D eigenvalue weighted by Crippen LogP contribution is -2.28. The average Bonchev–Trinajstić information content (AvgIpc) is 3.01. The number of piperidine rings is 1. The number of aromatic amines is 1. The third kappa shape index (κ3) is 1.42. The Bertz CT molecular complexity index is 663. The zero-order valence-electron chi connectivity index (χ0n) is 10.0. The minimum atomic E-state index is -0.0388. The highest BCUT2D eigenvalue weighted by Crippen LogP contribution is 2.43. The van der Waals surface area contributed by atoms with Gasteiger partial charge < -0.3 is 10.3 Å². The molecule has 4 heteroatoms. The topological polar surface area (TPSA) is 57.8 Å². The van der Waals surface area contributed by atoms with E-state index in [4.69, 9.17) is 0 Å². The van der Waals surface area contributed by atoms with Gasteiger partial charge in [0.15, 0.2) is 0 Å². The minimum absolute atomic E-state index is 0.0388. The van der Waals surface area contributed by atoms with Crippen molar-refractivity contribution in [1.82, 2.24) is 15.3 Å². The number of benzene rings is 1. The number of aromatic nitrogens is 2. The molecule has 1 aromatic carbocycles. The fourth-order valence-corrected chi connectivity index (χ4v) is 3.56. The van der Waals surface area contributed by atoms with Gasteiger partial charge in [-0.2, -0.15) is 0 Å². The maximum absolute atomic E-state index is 11.8. The van der Waals surface area contributed by atoms with Crippen LogP contribution in [-0.2, 0) is 0 Å². The maximum Gasteiger partial charge on any atom is 0.258 e. The van der Waals surface area contributed by atoms with E-state index in [0.717, 1.165) is 18.0 Å². The molecule has 4 rings (SSSR count). The van der Waals surface area contributed by atoms with Gasteiger partial charge in [-0.1, -0.05) is 6.07 Å². The molecule has 2 N–H and O–H groups in total. The van der Waals surface area contributed by atoms with Crippen LogP contribution < -0.4 is 10.9 Å². The van der Waals surface area contributed by atoms with E-state index in [-0.39, 0.29) is 5.56 Å². The van der Waals surface area contributed by atoms with E-state index in [2.05, 4.69) is 21.4 Å². The molecule has 0 spiro atoms. The first-order valence-electron chi connectivity index (χ1n) is 6.52. The molecule has 92 valence electrons. The van der Waals surface area contributed by atoms with Gasteiger partial charge in [-0.25, -0.2) is 4.98 Å². The van der Waals surface area contributed by atoms with Gasteiger partial charge in [0, 0.05) is 6.04 Å². The largest absolute Gasteiger partial charge is 0.314 e. The van der Waals surface area contributed by atoms with Gasteiger partial charge in [0.1, 0.15) is 0 Å². The number of nitrogens with zero attached hydrogens (tertiary/aromatic N) is 1. The van der Waals surface area contributed by atoms with Gasteiger partial charge in [0.05, 0.1) is 17.2 Å². The molecular weight excluding hydrogens is 226 g/mol. The summed E-state index contributed by atoms with van der Waals surface area (Å²) in [5, 5.41) is 4.24. The molecule has 1 aromatic heterocycles. The third-order valence-corrected chi connectivity index (χ3v) is 4.46. The molecule has 2 bridgehead atoms. The van der Waals surface area contributed by atoms with Crippen molar-refractivity contribution in [3.63, 3.8) is 0 Å². The fourth-order valence-electron chi connectivity index (χ4n) is 3.56. The summed E-state index contributed by atoms with van der Waals surface area (Å²) in [5.74, 6) is 1.35. The van der Waals surface area contributed by atoms with Crippen molar-refractivity contribution in [3.8, 4) is 0 Å². The van der Waals surface area contributed by atoms with Crippen molar-refractivity contribution in [2.24, 2.45) is 5.92 Å². The third-order valence-electron chi connectivity index (χ3n) is 4.46. The van der Waals surface area contributed by atoms with Gasteiger partial charge in [-0.05, 0) is 48.9 Å². The van der Waals surface area contributed by atoms with Crippen LogP contribution in [0.15, 0.2) is 29.3 Å². The van der Waals surface area contributed by atoms with Crippen molar-refractivity contribution in [2.45, 2.75) is 24.8 Å². The first-order valence-corrected chi connectivity index (χ1v) is 6.52. The van der Waals surface area contributed by atoms with E-state index in [9.17, 15) is 4.79 Å². The average molecular weight is 241 g/mol. The van der Waals surface area contributed by atoms with E-state index >= 15 is 0 Å². The van der Waals surface area contributed by atoms with Crippen LogP contribution in [0.4, 0.5) is 0 Å². The molecule has 18 heavy (non-hydrogen) atoms. The Morgan fingerprint density at radius 3 is 3.00 bits per heavy atom. The van der Waals surface area contributed by atoms with Crippen molar-refractivity contribution in [3.05, 3.63) is 40.4 Å². The molecule has 1 aliphatic heterocycles. The predicted molar refractivity (Wildman–Crippen MR) is 69.6 cm³/mol. The molecule has 2 heterocycles. The summed E-state index contributed by atoms with van der Waals surface area (Å²) in [6.45, 7) is 1.12. The summed E-state index contributed by atoms with van der Waals surface area (Å²) in [5.41, 5.74) is 2.04.